The number of likely N-dealkylation sites (tertiary alicyclic amines) is 1. The smallest absolute Gasteiger partial charge is 0.314 e. The Hall–Kier alpha value is -7.75. The lowest BCUT2D eigenvalue weighted by atomic mass is 9.93. The van der Waals surface area contributed by atoms with Crippen LogP contribution in [0.5, 0.6) is 0 Å². The van der Waals surface area contributed by atoms with Crippen LogP contribution in [0.15, 0.2) is 117 Å². The van der Waals surface area contributed by atoms with E-state index in [2.05, 4.69) is 85.5 Å². The molecule has 0 radical (unpaired) electrons. The number of urea groups is 1. The van der Waals surface area contributed by atoms with Crippen LogP contribution in [0.1, 0.15) is 141 Å². The Kier molecular flexibility index (Phi) is 28.2. The van der Waals surface area contributed by atoms with E-state index in [4.69, 9.17) is 10.2 Å². The number of anilines is 2. The molecule has 96 heavy (non-hydrogen) atoms. The molecule has 1 fully saturated rings. The summed E-state index contributed by atoms with van der Waals surface area (Å²) in [7, 11) is -7.22. The standard InChI is InChI=1S/C70H97N13O10S3/c1-6-82(7-2)54-28-31-57-62(43-54)93-63-44-55(83(8-3)9-4)29-32-58(63)66(57)59-33-30-56(45-64(59)96(90,91)92)95(88,89)75-38-23-17-15-13-11-10-12-14-16-22-36-72-70(87)73-37-24-21-27-60(78-65(84)42-53-48-94-69(71)77-53)67(85)79-61(68(86)76-51-34-39-80(5)40-35-51)41-52-47-81(49-74-52)46-50-25-19-18-20-26-50/h18-20,25-26,28-33,43-45,47-49,51,60-61,75H,6-17,21-24,27,34-42,46H2,1-5H3,(H7-,71,72,73,76,77,78,79,84,85,86,87,90,91,92)/p+2/t60-,61-/m0/s1. The van der Waals surface area contributed by atoms with Gasteiger partial charge in [-0.05, 0) is 95.7 Å². The van der Waals surface area contributed by atoms with Gasteiger partial charge in [-0.25, -0.2) is 45.5 Å². The van der Waals surface area contributed by atoms with Gasteiger partial charge in [-0.3, -0.25) is 14.4 Å². The van der Waals surface area contributed by atoms with Gasteiger partial charge in [0.05, 0.1) is 48.1 Å². The number of quaternary nitrogens is 1. The Bertz CT molecular complexity index is 3950. The number of aromatic nitrogens is 3. The molecule has 3 aliphatic rings. The van der Waals surface area contributed by atoms with E-state index in [1.54, 1.807) is 5.38 Å². The Labute approximate surface area is 569 Å². The average Bonchev–Trinajstić information content (AvgIpc) is 0.812. The van der Waals surface area contributed by atoms with Gasteiger partial charge in [-0.15, -0.1) is 11.3 Å². The molecule has 2 atom stereocenters. The molecular formula is C70H99N13O10S3+2. The van der Waals surface area contributed by atoms with Gasteiger partial charge in [0.2, 0.25) is 39.4 Å². The van der Waals surface area contributed by atoms with Gasteiger partial charge < -0.3 is 51.1 Å². The van der Waals surface area contributed by atoms with Crippen molar-refractivity contribution in [2.45, 2.75) is 171 Å². The lowest BCUT2D eigenvalue weighted by Gasteiger charge is -2.29. The molecule has 2 aromatic heterocycles. The van der Waals surface area contributed by atoms with Crippen molar-refractivity contribution in [3.05, 3.63) is 125 Å². The SMILES string of the molecule is CCN(CC)c1ccc2c(-c3ccc(S(=O)(=O)NCCCCCCCCCCCCNC(=O)NCCCC[C@H](NC(=O)Cc4csc(N)n4)C(=O)N[C@@H](Cc4c[n+](Cc5ccccc5)c[nH]4)C(=O)NC4CC[NH+](C)CC4)cc3S(=O)(=O)[O-])c3ccc(=[N+](CC)CC)cc-3oc2c1. The maximum absolute atomic E-state index is 14.2. The molecule has 0 bridgehead atoms. The third-order valence-electron chi connectivity index (χ3n) is 17.9. The normalized spacial score (nSPS) is 14.9. The number of fused-ring (bicyclic) bond motifs is 2. The van der Waals surface area contributed by atoms with Gasteiger partial charge in [0, 0.05) is 103 Å². The minimum absolute atomic E-state index is 0.0115. The second-order valence-electron chi connectivity index (χ2n) is 25.0. The fourth-order valence-corrected chi connectivity index (χ4v) is 14.9. The number of benzene rings is 4. The van der Waals surface area contributed by atoms with E-state index < -0.39 is 48.9 Å². The number of nitrogens with two attached hydrogens (primary N) is 1. The lowest BCUT2D eigenvalue weighted by Crippen LogP contribution is -3.10. The zero-order valence-corrected chi connectivity index (χ0v) is 58.8. The first-order valence-corrected chi connectivity index (χ1v) is 38.0. The van der Waals surface area contributed by atoms with Gasteiger partial charge in [0.1, 0.15) is 65.1 Å². The maximum Gasteiger partial charge on any atom is 0.314 e. The van der Waals surface area contributed by atoms with Crippen molar-refractivity contribution in [1.29, 1.82) is 0 Å². The number of piperidine rings is 1. The van der Waals surface area contributed by atoms with Crippen molar-refractivity contribution in [1.82, 2.24) is 45.8 Å². The topological polar surface area (TPSA) is 314 Å². The third-order valence-corrected chi connectivity index (χ3v) is 20.9. The number of imidazole rings is 1. The first-order chi connectivity index (χ1) is 46.2. The van der Waals surface area contributed by atoms with E-state index >= 15 is 0 Å². The van der Waals surface area contributed by atoms with Crippen LogP contribution in [0.3, 0.4) is 0 Å². The van der Waals surface area contributed by atoms with Crippen LogP contribution in [-0.4, -0.2) is 139 Å². The first-order valence-electron chi connectivity index (χ1n) is 34.2. The van der Waals surface area contributed by atoms with Crippen LogP contribution in [-0.2, 0) is 53.9 Å². The fraction of sp³-hybridized carbons (Fsp3) is 0.500. The highest BCUT2D eigenvalue weighted by Crippen LogP contribution is 2.43. The van der Waals surface area contributed by atoms with Crippen LogP contribution in [0.25, 0.3) is 33.4 Å². The highest BCUT2D eigenvalue weighted by molar-refractivity contribution is 7.89. The molecule has 1 aliphatic carbocycles. The number of rotatable bonds is 38. The van der Waals surface area contributed by atoms with E-state index in [-0.39, 0.29) is 54.2 Å². The van der Waals surface area contributed by atoms with Crippen molar-refractivity contribution in [2.75, 3.05) is 76.6 Å². The number of nitrogens with one attached hydrogen (secondary N) is 8. The number of sulfonamides is 1. The second kappa shape index (κ2) is 36.6. The first kappa shape index (κ1) is 74.0. The zero-order valence-electron chi connectivity index (χ0n) is 56.3. The summed E-state index contributed by atoms with van der Waals surface area (Å²) in [6.07, 6.45) is 16.2. The van der Waals surface area contributed by atoms with E-state index in [1.165, 1.54) is 28.4 Å². The minimum Gasteiger partial charge on any atom is -0.744 e. The number of hydrogen-bond acceptors (Lipinski definition) is 14. The Balaban J connectivity index is 0.732. The van der Waals surface area contributed by atoms with Crippen LogP contribution >= 0.6 is 11.3 Å². The average molecular weight is 1380 g/mol. The van der Waals surface area contributed by atoms with Crippen LogP contribution in [0.4, 0.5) is 15.6 Å². The van der Waals surface area contributed by atoms with Crippen molar-refractivity contribution in [2.24, 2.45) is 0 Å². The van der Waals surface area contributed by atoms with Gasteiger partial charge in [0.15, 0.2) is 5.13 Å². The van der Waals surface area contributed by atoms with Crippen molar-refractivity contribution >= 4 is 77.0 Å². The Morgan fingerprint density at radius 2 is 1.44 bits per heavy atom. The number of nitrogens with zero attached hydrogens (tertiary/aromatic N) is 4. The minimum atomic E-state index is -5.18. The molecule has 0 spiro atoms. The number of unbranched alkanes of at least 4 members (excludes halogenated alkanes) is 10. The molecule has 5 aromatic rings. The number of hydrogen-bond donors (Lipinski definition) is 9. The monoisotopic (exact) mass is 1380 g/mol. The van der Waals surface area contributed by atoms with E-state index in [9.17, 15) is 40.6 Å². The molecule has 1 saturated heterocycles. The molecule has 23 nitrogen and oxygen atoms in total. The predicted molar refractivity (Wildman–Crippen MR) is 375 cm³/mol. The Morgan fingerprint density at radius 1 is 0.781 bits per heavy atom. The number of thiazole rings is 1. The predicted octanol–water partition coefficient (Wildman–Crippen LogP) is 6.37. The van der Waals surface area contributed by atoms with Crippen LogP contribution in [0.2, 0.25) is 0 Å². The Morgan fingerprint density at radius 3 is 2.08 bits per heavy atom. The number of H-pyrrole nitrogens is 1. The van der Waals surface area contributed by atoms with Gasteiger partial charge in [0.25, 0.3) is 0 Å². The quantitative estimate of drug-likeness (QED) is 0.00881. The number of carbonyl (C=O) groups is 4. The van der Waals surface area contributed by atoms with Gasteiger partial charge >= 0.3 is 6.03 Å². The van der Waals surface area contributed by atoms with Gasteiger partial charge in [-0.2, -0.15) is 0 Å². The molecule has 0 unspecified atom stereocenters. The highest BCUT2D eigenvalue weighted by Gasteiger charge is 2.32. The van der Waals surface area contributed by atoms with Crippen molar-refractivity contribution in [3.8, 4) is 22.5 Å². The summed E-state index contributed by atoms with van der Waals surface area (Å²) in [5.74, 6) is -0.683. The molecule has 4 heterocycles. The molecule has 26 heteroatoms. The molecule has 3 aromatic carbocycles. The molecule has 0 saturated carbocycles. The summed E-state index contributed by atoms with van der Waals surface area (Å²) in [6, 6.07) is 23.0. The van der Waals surface area contributed by atoms with Crippen LogP contribution in [0, 0.1) is 0 Å². The summed E-state index contributed by atoms with van der Waals surface area (Å²) in [5, 5.41) is 18.4. The summed E-state index contributed by atoms with van der Waals surface area (Å²) in [6.45, 7) is 14.8. The molecule has 520 valence electrons. The largest absolute Gasteiger partial charge is 0.744 e. The number of amides is 5. The molecule has 8 rings (SSSR count). The van der Waals surface area contributed by atoms with E-state index in [0.29, 0.717) is 77.6 Å². The molecule has 5 amide bonds. The summed E-state index contributed by atoms with van der Waals surface area (Å²) >= 11 is 1.23. The highest BCUT2D eigenvalue weighted by atomic mass is 32.2. The number of nitrogen functional groups attached to an aromatic ring is 1. The van der Waals surface area contributed by atoms with Crippen LogP contribution < -0.4 is 61.3 Å². The fourth-order valence-electron chi connectivity index (χ4n) is 12.5. The lowest BCUT2D eigenvalue weighted by molar-refractivity contribution is -0.884. The second-order valence-corrected chi connectivity index (χ2v) is 29.0. The van der Waals surface area contributed by atoms with E-state index in [1.807, 2.05) is 83.8 Å². The summed E-state index contributed by atoms with van der Waals surface area (Å²) < 4.78 is 79.9. The van der Waals surface area contributed by atoms with E-state index in [0.717, 1.165) is 138 Å². The summed E-state index contributed by atoms with van der Waals surface area (Å²) in [5.41, 5.74) is 10.7. The molecule has 10 N–H and O–H groups in total. The van der Waals surface area contributed by atoms with Crippen molar-refractivity contribution < 1.29 is 54.5 Å². The zero-order chi connectivity index (χ0) is 68.6. The number of carbonyl (C=O) groups excluding carboxylic acids is 4. The molecular weight excluding hydrogens is 1280 g/mol. The van der Waals surface area contributed by atoms with Crippen molar-refractivity contribution in [3.63, 3.8) is 0 Å². The summed E-state index contributed by atoms with van der Waals surface area (Å²) in [4.78, 5) is 64.5. The van der Waals surface area contributed by atoms with Gasteiger partial charge in [-0.1, -0.05) is 87.8 Å². The third kappa shape index (κ3) is 21.9. The molecule has 2 aliphatic heterocycles. The number of aromatic amines is 1. The maximum atomic E-state index is 14.2.